The van der Waals surface area contributed by atoms with Gasteiger partial charge in [0.1, 0.15) is 0 Å². The molecule has 2 amide bonds. The van der Waals surface area contributed by atoms with Gasteiger partial charge in [-0.3, -0.25) is 14.7 Å². The van der Waals surface area contributed by atoms with Crippen LogP contribution in [0.25, 0.3) is 10.9 Å². The number of aromatic nitrogens is 4. The third-order valence-electron chi connectivity index (χ3n) is 7.00. The Kier molecular flexibility index (Phi) is 3.78. The Balaban J connectivity index is 1.29. The summed E-state index contributed by atoms with van der Waals surface area (Å²) in [7, 11) is 0. The topological polar surface area (TPSA) is 98.0 Å². The van der Waals surface area contributed by atoms with E-state index in [-0.39, 0.29) is 17.7 Å². The maximum absolute atomic E-state index is 13.2. The van der Waals surface area contributed by atoms with Crippen molar-refractivity contribution in [1.82, 2.24) is 30.0 Å². The van der Waals surface area contributed by atoms with E-state index in [2.05, 4.69) is 25.1 Å². The minimum atomic E-state index is -0.405. The number of para-hydroxylation sites is 1. The molecule has 0 unspecified atom stereocenters. The number of fused-ring (bicyclic) bond motifs is 3. The van der Waals surface area contributed by atoms with Crippen LogP contribution in [0.5, 0.6) is 0 Å². The highest BCUT2D eigenvalue weighted by atomic mass is 16.2. The molecule has 1 aromatic carbocycles. The molecule has 0 atom stereocenters. The molecule has 6 rings (SSSR count). The number of imidazole rings is 1. The van der Waals surface area contributed by atoms with Gasteiger partial charge in [-0.15, -0.1) is 0 Å². The summed E-state index contributed by atoms with van der Waals surface area (Å²) in [5.41, 5.74) is 3.06. The highest BCUT2D eigenvalue weighted by molar-refractivity contribution is 6.04. The minimum absolute atomic E-state index is 0.0552. The van der Waals surface area contributed by atoms with E-state index in [1.807, 2.05) is 29.2 Å². The lowest BCUT2D eigenvalue weighted by molar-refractivity contribution is -0.143. The lowest BCUT2D eigenvalue weighted by atomic mass is 9.78. The molecule has 3 aliphatic rings. The number of hydrogen-bond acceptors (Lipinski definition) is 4. The molecule has 2 aromatic heterocycles. The second-order valence-electron chi connectivity index (χ2n) is 8.69. The summed E-state index contributed by atoms with van der Waals surface area (Å²) in [5.74, 6) is 0.389. The maximum Gasteiger partial charge on any atom is 0.274 e. The highest BCUT2D eigenvalue weighted by Gasteiger charge is 2.51. The number of likely N-dealkylation sites (tertiary alicyclic amines) is 1. The number of hydrogen-bond donors (Lipinski definition) is 2. The molecule has 1 saturated heterocycles. The summed E-state index contributed by atoms with van der Waals surface area (Å²) in [6.07, 6.45) is 5.96. The summed E-state index contributed by atoms with van der Waals surface area (Å²) in [4.78, 5) is 38.2. The van der Waals surface area contributed by atoms with Gasteiger partial charge in [-0.25, -0.2) is 4.98 Å². The van der Waals surface area contributed by atoms with E-state index >= 15 is 0 Å². The number of rotatable bonds is 2. The van der Waals surface area contributed by atoms with Gasteiger partial charge in [0.2, 0.25) is 5.91 Å². The molecule has 2 fully saturated rings. The summed E-state index contributed by atoms with van der Waals surface area (Å²) in [6, 6.07) is 7.69. The Morgan fingerprint density at radius 1 is 1.10 bits per heavy atom. The van der Waals surface area contributed by atoms with Crippen LogP contribution in [0.1, 0.15) is 47.6 Å². The number of piperidine rings is 1. The molecule has 8 heteroatoms. The number of amides is 2. The largest absolute Gasteiger partial charge is 0.348 e. The van der Waals surface area contributed by atoms with Gasteiger partial charge in [-0.05, 0) is 31.7 Å². The van der Waals surface area contributed by atoms with E-state index in [1.54, 1.807) is 6.33 Å². The van der Waals surface area contributed by atoms with E-state index in [0.717, 1.165) is 48.1 Å². The van der Waals surface area contributed by atoms with E-state index < -0.39 is 5.54 Å². The SMILES string of the molecule is O=C(c1n[nH]c2ccccc12)N1CCC2(CC1)c1nc[nH]c1CCN2C(=O)C1CC1. The summed E-state index contributed by atoms with van der Waals surface area (Å²) >= 11 is 0. The van der Waals surface area contributed by atoms with E-state index in [1.165, 1.54) is 0 Å². The zero-order valence-corrected chi connectivity index (χ0v) is 16.7. The number of nitrogens with zero attached hydrogens (tertiary/aromatic N) is 4. The van der Waals surface area contributed by atoms with Gasteiger partial charge in [0.15, 0.2) is 5.69 Å². The first-order chi connectivity index (χ1) is 14.7. The second-order valence-corrected chi connectivity index (χ2v) is 8.69. The number of H-pyrrole nitrogens is 2. The van der Waals surface area contributed by atoms with Crippen LogP contribution in [0, 0.1) is 5.92 Å². The van der Waals surface area contributed by atoms with Crippen LogP contribution < -0.4 is 0 Å². The monoisotopic (exact) mass is 404 g/mol. The van der Waals surface area contributed by atoms with Crippen LogP contribution in [0.4, 0.5) is 0 Å². The lowest BCUT2D eigenvalue weighted by Gasteiger charge is -2.50. The fraction of sp³-hybridized carbons (Fsp3) is 0.455. The van der Waals surface area contributed by atoms with Crippen molar-refractivity contribution in [3.8, 4) is 0 Å². The molecule has 2 aliphatic heterocycles. The average Bonchev–Trinajstić information content (AvgIpc) is 3.35. The van der Waals surface area contributed by atoms with E-state index in [0.29, 0.717) is 31.6 Å². The van der Waals surface area contributed by atoms with Crippen molar-refractivity contribution in [3.63, 3.8) is 0 Å². The number of carbonyl (C=O) groups excluding carboxylic acids is 2. The molecule has 0 bridgehead atoms. The quantitative estimate of drug-likeness (QED) is 0.684. The van der Waals surface area contributed by atoms with Crippen molar-refractivity contribution in [1.29, 1.82) is 0 Å². The Morgan fingerprint density at radius 3 is 2.70 bits per heavy atom. The van der Waals surface area contributed by atoms with Crippen molar-refractivity contribution >= 4 is 22.7 Å². The van der Waals surface area contributed by atoms with Gasteiger partial charge in [0, 0.05) is 43.1 Å². The Morgan fingerprint density at radius 2 is 1.90 bits per heavy atom. The predicted octanol–water partition coefficient (Wildman–Crippen LogP) is 2.21. The van der Waals surface area contributed by atoms with Crippen molar-refractivity contribution < 1.29 is 9.59 Å². The van der Waals surface area contributed by atoms with Crippen LogP contribution in [0.3, 0.4) is 0 Å². The first-order valence-corrected chi connectivity index (χ1v) is 10.7. The van der Waals surface area contributed by atoms with Gasteiger partial charge in [0.05, 0.1) is 23.1 Å². The first kappa shape index (κ1) is 17.7. The fourth-order valence-electron chi connectivity index (χ4n) is 5.21. The molecule has 0 radical (unpaired) electrons. The molecular formula is C22H24N6O2. The summed E-state index contributed by atoms with van der Waals surface area (Å²) in [6.45, 7) is 1.89. The van der Waals surface area contributed by atoms with Crippen molar-refractivity contribution in [2.75, 3.05) is 19.6 Å². The Labute approximate surface area is 173 Å². The summed E-state index contributed by atoms with van der Waals surface area (Å²) in [5, 5.41) is 8.08. The molecule has 1 saturated carbocycles. The van der Waals surface area contributed by atoms with Gasteiger partial charge in [-0.1, -0.05) is 18.2 Å². The van der Waals surface area contributed by atoms with Crippen LogP contribution in [-0.2, 0) is 16.8 Å². The van der Waals surface area contributed by atoms with Gasteiger partial charge in [-0.2, -0.15) is 5.10 Å². The summed E-state index contributed by atoms with van der Waals surface area (Å²) < 4.78 is 0. The molecule has 154 valence electrons. The van der Waals surface area contributed by atoms with Gasteiger partial charge < -0.3 is 14.8 Å². The number of aromatic amines is 2. The van der Waals surface area contributed by atoms with Crippen LogP contribution in [0.2, 0.25) is 0 Å². The van der Waals surface area contributed by atoms with E-state index in [9.17, 15) is 9.59 Å². The standard InChI is InChI=1S/C22H24N6O2/c29-20(14-5-6-14)28-10-7-17-19(24-13-23-17)22(28)8-11-27(12-9-22)21(30)18-15-3-1-2-4-16(15)25-26-18/h1-4,13-14H,5-12H2,(H,23,24)(H,25,26). The molecule has 30 heavy (non-hydrogen) atoms. The average molecular weight is 404 g/mol. The van der Waals surface area contributed by atoms with E-state index in [4.69, 9.17) is 0 Å². The molecule has 1 spiro atoms. The zero-order chi connectivity index (χ0) is 20.3. The molecule has 4 heterocycles. The van der Waals surface area contributed by atoms with Gasteiger partial charge >= 0.3 is 0 Å². The molecular weight excluding hydrogens is 380 g/mol. The highest BCUT2D eigenvalue weighted by Crippen LogP contribution is 2.45. The van der Waals surface area contributed by atoms with Crippen molar-refractivity contribution in [2.24, 2.45) is 5.92 Å². The third-order valence-corrected chi connectivity index (χ3v) is 7.00. The smallest absolute Gasteiger partial charge is 0.274 e. The molecule has 3 aromatic rings. The zero-order valence-electron chi connectivity index (χ0n) is 16.7. The molecule has 1 aliphatic carbocycles. The predicted molar refractivity (Wildman–Crippen MR) is 110 cm³/mol. The van der Waals surface area contributed by atoms with Crippen LogP contribution in [0.15, 0.2) is 30.6 Å². The fourth-order valence-corrected chi connectivity index (χ4v) is 5.21. The Hall–Kier alpha value is -3.16. The third kappa shape index (κ3) is 2.52. The number of benzene rings is 1. The number of nitrogens with one attached hydrogen (secondary N) is 2. The normalized spacial score (nSPS) is 20.5. The van der Waals surface area contributed by atoms with Crippen molar-refractivity contribution in [2.45, 2.75) is 37.6 Å². The molecule has 8 nitrogen and oxygen atoms in total. The van der Waals surface area contributed by atoms with Gasteiger partial charge in [0.25, 0.3) is 5.91 Å². The van der Waals surface area contributed by atoms with Crippen molar-refractivity contribution in [3.05, 3.63) is 47.7 Å². The van der Waals surface area contributed by atoms with Crippen LogP contribution in [-0.4, -0.2) is 61.4 Å². The maximum atomic E-state index is 13.2. The first-order valence-electron chi connectivity index (χ1n) is 10.7. The molecule has 2 N–H and O–H groups in total. The lowest BCUT2D eigenvalue weighted by Crippen LogP contribution is -2.59. The Bertz CT molecular complexity index is 1140. The minimum Gasteiger partial charge on any atom is -0.348 e. The second kappa shape index (κ2) is 6.42. The number of carbonyl (C=O) groups is 2. The van der Waals surface area contributed by atoms with Crippen LogP contribution >= 0.6 is 0 Å².